The van der Waals surface area contributed by atoms with Crippen LogP contribution in [0.25, 0.3) is 0 Å². The number of rotatable bonds is 6. The second kappa shape index (κ2) is 6.08. The van der Waals surface area contributed by atoms with Crippen molar-refractivity contribution >= 4 is 10.2 Å². The molecule has 128 valence electrons. The summed E-state index contributed by atoms with van der Waals surface area (Å²) in [6, 6.07) is 2.91. The quantitative estimate of drug-likeness (QED) is 0.856. The molecule has 0 unspecified atom stereocenters. The zero-order valence-corrected chi connectivity index (χ0v) is 13.7. The predicted molar refractivity (Wildman–Crippen MR) is 80.9 cm³/mol. The van der Waals surface area contributed by atoms with Crippen LogP contribution in [0.3, 0.4) is 0 Å². The predicted octanol–water partition coefficient (Wildman–Crippen LogP) is 1.90. The van der Waals surface area contributed by atoms with Crippen LogP contribution in [-0.4, -0.2) is 39.0 Å². The summed E-state index contributed by atoms with van der Waals surface area (Å²) >= 11 is 0. The molecule has 2 aliphatic rings. The van der Waals surface area contributed by atoms with Gasteiger partial charge in [-0.25, -0.2) is 8.78 Å². The number of benzene rings is 1. The molecule has 0 bridgehead atoms. The first-order valence-electron chi connectivity index (χ1n) is 7.63. The molecule has 8 heteroatoms. The highest BCUT2D eigenvalue weighted by Gasteiger charge is 2.51. The van der Waals surface area contributed by atoms with Gasteiger partial charge in [-0.1, -0.05) is 0 Å². The highest BCUT2D eigenvalue weighted by Crippen LogP contribution is 2.47. The summed E-state index contributed by atoms with van der Waals surface area (Å²) in [7, 11) is -2.26. The Morgan fingerprint density at radius 1 is 1.39 bits per heavy atom. The van der Waals surface area contributed by atoms with Crippen LogP contribution >= 0.6 is 0 Å². The smallest absolute Gasteiger partial charge is 0.280 e. The molecular formula is C15H20F2N2O3S. The van der Waals surface area contributed by atoms with Gasteiger partial charge in [-0.15, -0.1) is 0 Å². The summed E-state index contributed by atoms with van der Waals surface area (Å²) in [5.41, 5.74) is -0.964. The highest BCUT2D eigenvalue weighted by molar-refractivity contribution is 7.87. The minimum absolute atomic E-state index is 0.0727. The van der Waals surface area contributed by atoms with Gasteiger partial charge < -0.3 is 4.74 Å². The maximum Gasteiger partial charge on any atom is 0.280 e. The van der Waals surface area contributed by atoms with Crippen LogP contribution < -0.4 is 4.72 Å². The first-order chi connectivity index (χ1) is 10.9. The largest absolute Gasteiger partial charge is 0.383 e. The zero-order chi connectivity index (χ0) is 16.7. The molecule has 3 rings (SSSR count). The number of ether oxygens (including phenoxy) is 1. The molecule has 5 nitrogen and oxygen atoms in total. The van der Waals surface area contributed by atoms with Gasteiger partial charge >= 0.3 is 0 Å². The van der Waals surface area contributed by atoms with Crippen LogP contribution in [0.2, 0.25) is 0 Å². The van der Waals surface area contributed by atoms with E-state index >= 15 is 0 Å². The van der Waals surface area contributed by atoms with Crippen LogP contribution in [0.5, 0.6) is 0 Å². The van der Waals surface area contributed by atoms with Gasteiger partial charge in [0, 0.05) is 25.3 Å². The van der Waals surface area contributed by atoms with Crippen molar-refractivity contribution in [1.29, 1.82) is 0 Å². The van der Waals surface area contributed by atoms with Crippen molar-refractivity contribution in [3.63, 3.8) is 0 Å². The third-order valence-corrected chi connectivity index (χ3v) is 6.26. The van der Waals surface area contributed by atoms with E-state index in [4.69, 9.17) is 4.74 Å². The fraction of sp³-hybridized carbons (Fsp3) is 0.600. The molecule has 1 atom stereocenters. The number of hydrogen-bond acceptors (Lipinski definition) is 3. The molecule has 0 spiro atoms. The Kier molecular flexibility index (Phi) is 4.43. The second-order valence-electron chi connectivity index (χ2n) is 6.18. The SMILES string of the molecule is COC[C@H]1CCCN1S(=O)(=O)NC1(c2cc(F)ccc2F)CC1. The van der Waals surface area contributed by atoms with Crippen molar-refractivity contribution in [2.24, 2.45) is 0 Å². The lowest BCUT2D eigenvalue weighted by Crippen LogP contribution is -2.48. The van der Waals surface area contributed by atoms with E-state index in [1.165, 1.54) is 11.4 Å². The molecule has 1 aliphatic heterocycles. The van der Waals surface area contributed by atoms with E-state index in [0.717, 1.165) is 31.0 Å². The molecule has 1 saturated carbocycles. The lowest BCUT2D eigenvalue weighted by molar-refractivity contribution is 0.148. The number of halogens is 2. The third-order valence-electron chi connectivity index (χ3n) is 4.51. The van der Waals surface area contributed by atoms with Gasteiger partial charge in [0.05, 0.1) is 12.1 Å². The normalized spacial score (nSPS) is 24.0. The molecule has 1 aromatic carbocycles. The Morgan fingerprint density at radius 3 is 2.78 bits per heavy atom. The Bertz CT molecular complexity index is 692. The maximum absolute atomic E-state index is 14.0. The van der Waals surface area contributed by atoms with E-state index in [9.17, 15) is 17.2 Å². The first-order valence-corrected chi connectivity index (χ1v) is 9.07. The average Bonchev–Trinajstić information content (AvgIpc) is 3.08. The van der Waals surface area contributed by atoms with Crippen LogP contribution in [0.4, 0.5) is 8.78 Å². The summed E-state index contributed by atoms with van der Waals surface area (Å²) in [5, 5.41) is 0. The standard InChI is InChI=1S/C15H20F2N2O3S/c1-22-10-12-3-2-8-19(12)23(20,21)18-15(6-7-15)13-9-11(16)4-5-14(13)17/h4-5,9,12,18H,2-3,6-8,10H2,1H3/t12-/m1/s1. The third kappa shape index (κ3) is 3.26. The van der Waals surface area contributed by atoms with Crippen molar-refractivity contribution in [3.8, 4) is 0 Å². The lowest BCUT2D eigenvalue weighted by atomic mass is 10.1. The molecule has 1 aliphatic carbocycles. The van der Waals surface area contributed by atoms with Crippen LogP contribution in [-0.2, 0) is 20.5 Å². The van der Waals surface area contributed by atoms with E-state index in [2.05, 4.69) is 4.72 Å². The van der Waals surface area contributed by atoms with Crippen molar-refractivity contribution in [1.82, 2.24) is 9.03 Å². The monoisotopic (exact) mass is 346 g/mol. The Hall–Kier alpha value is -1.09. The fourth-order valence-corrected chi connectivity index (χ4v) is 5.06. The van der Waals surface area contributed by atoms with E-state index in [1.807, 2.05) is 0 Å². The molecule has 1 N–H and O–H groups in total. The topological polar surface area (TPSA) is 58.6 Å². The van der Waals surface area contributed by atoms with Gasteiger partial charge in [0.1, 0.15) is 11.6 Å². The van der Waals surface area contributed by atoms with E-state index in [-0.39, 0.29) is 11.6 Å². The molecule has 0 aromatic heterocycles. The number of nitrogens with zero attached hydrogens (tertiary/aromatic N) is 1. The Balaban J connectivity index is 1.84. The van der Waals surface area contributed by atoms with E-state index in [0.29, 0.717) is 26.0 Å². The summed E-state index contributed by atoms with van der Waals surface area (Å²) < 4.78 is 61.9. The number of hydrogen-bond donors (Lipinski definition) is 1. The van der Waals surface area contributed by atoms with Gasteiger partial charge in [-0.2, -0.15) is 17.4 Å². The van der Waals surface area contributed by atoms with Crippen molar-refractivity contribution in [3.05, 3.63) is 35.4 Å². The maximum atomic E-state index is 14.0. The lowest BCUT2D eigenvalue weighted by Gasteiger charge is -2.27. The molecular weight excluding hydrogens is 326 g/mol. The summed E-state index contributed by atoms with van der Waals surface area (Å²) in [6.07, 6.45) is 2.40. The van der Waals surface area contributed by atoms with Crippen LogP contribution in [0.1, 0.15) is 31.2 Å². The zero-order valence-electron chi connectivity index (χ0n) is 12.9. The molecule has 2 fully saturated rings. The van der Waals surface area contributed by atoms with Crippen LogP contribution in [0.15, 0.2) is 18.2 Å². The molecule has 0 amide bonds. The number of nitrogens with one attached hydrogen (secondary N) is 1. The minimum atomic E-state index is -3.79. The molecule has 1 saturated heterocycles. The molecule has 1 heterocycles. The highest BCUT2D eigenvalue weighted by atomic mass is 32.2. The molecule has 1 aromatic rings. The van der Waals surface area contributed by atoms with Crippen molar-refractivity contribution in [2.75, 3.05) is 20.3 Å². The van der Waals surface area contributed by atoms with Crippen molar-refractivity contribution < 1.29 is 21.9 Å². The first kappa shape index (κ1) is 16.8. The second-order valence-corrected chi connectivity index (χ2v) is 7.80. The van der Waals surface area contributed by atoms with Gasteiger partial charge in [0.15, 0.2) is 0 Å². The van der Waals surface area contributed by atoms with Gasteiger partial charge in [-0.3, -0.25) is 0 Å². The summed E-state index contributed by atoms with van der Waals surface area (Å²) in [4.78, 5) is 0. The summed E-state index contributed by atoms with van der Waals surface area (Å²) in [6.45, 7) is 0.729. The average molecular weight is 346 g/mol. The van der Waals surface area contributed by atoms with Gasteiger partial charge in [0.25, 0.3) is 10.2 Å². The Morgan fingerprint density at radius 2 is 2.13 bits per heavy atom. The minimum Gasteiger partial charge on any atom is -0.383 e. The van der Waals surface area contributed by atoms with Gasteiger partial charge in [0.2, 0.25) is 0 Å². The fourth-order valence-electron chi connectivity index (χ4n) is 3.21. The van der Waals surface area contributed by atoms with Crippen molar-refractivity contribution in [2.45, 2.75) is 37.3 Å². The van der Waals surface area contributed by atoms with Gasteiger partial charge in [-0.05, 0) is 43.9 Å². The Labute approximate surface area is 134 Å². The van der Waals surface area contributed by atoms with E-state index in [1.54, 1.807) is 0 Å². The molecule has 0 radical (unpaired) electrons. The van der Waals surface area contributed by atoms with Crippen LogP contribution in [0, 0.1) is 11.6 Å². The number of methoxy groups -OCH3 is 1. The summed E-state index contributed by atoms with van der Waals surface area (Å²) in [5.74, 6) is -1.17. The molecule has 23 heavy (non-hydrogen) atoms. The van der Waals surface area contributed by atoms with E-state index < -0.39 is 27.4 Å².